The molecule has 0 aliphatic rings. The van der Waals surface area contributed by atoms with Crippen molar-refractivity contribution in [3.8, 4) is 16.9 Å². The van der Waals surface area contributed by atoms with Crippen LogP contribution >= 0.6 is 11.6 Å². The van der Waals surface area contributed by atoms with Gasteiger partial charge in [0.1, 0.15) is 5.75 Å². The highest BCUT2D eigenvalue weighted by atomic mass is 35.5. The summed E-state index contributed by atoms with van der Waals surface area (Å²) in [4.78, 5) is 0. The van der Waals surface area contributed by atoms with Gasteiger partial charge in [0.05, 0.1) is 12.5 Å². The maximum atomic E-state index is 8.83. The van der Waals surface area contributed by atoms with E-state index in [2.05, 4.69) is 24.3 Å². The Labute approximate surface area is 125 Å². The van der Waals surface area contributed by atoms with Gasteiger partial charge < -0.3 is 9.84 Å². The third kappa shape index (κ3) is 3.75. The van der Waals surface area contributed by atoms with Crippen LogP contribution in [0.3, 0.4) is 0 Å². The molecule has 0 bridgehead atoms. The van der Waals surface area contributed by atoms with E-state index in [9.17, 15) is 0 Å². The van der Waals surface area contributed by atoms with Crippen molar-refractivity contribution in [2.75, 3.05) is 13.7 Å². The predicted octanol–water partition coefficient (Wildman–Crippen LogP) is 4.41. The second kappa shape index (κ2) is 7.32. The minimum atomic E-state index is -0.0351. The van der Waals surface area contributed by atoms with Crippen LogP contribution in [0.4, 0.5) is 0 Å². The van der Waals surface area contributed by atoms with Crippen molar-refractivity contribution in [3.05, 3.63) is 54.1 Å². The Bertz CT molecular complexity index is 520. The summed E-state index contributed by atoms with van der Waals surface area (Å²) in [5.41, 5.74) is 3.40. The normalized spacial score (nSPS) is 12.2. The zero-order valence-corrected chi connectivity index (χ0v) is 12.3. The summed E-state index contributed by atoms with van der Waals surface area (Å²) in [5.74, 6) is 0.857. The molecule has 2 aromatic rings. The maximum absolute atomic E-state index is 8.83. The number of methoxy groups -OCH3 is 1. The zero-order chi connectivity index (χ0) is 14.4. The lowest BCUT2D eigenvalue weighted by molar-refractivity contribution is 0.284. The first kappa shape index (κ1) is 14.9. The summed E-state index contributed by atoms with van der Waals surface area (Å²) in [6, 6.07) is 16.2. The predicted molar refractivity (Wildman–Crippen MR) is 83.3 cm³/mol. The van der Waals surface area contributed by atoms with E-state index in [1.54, 1.807) is 7.11 Å². The molecule has 20 heavy (non-hydrogen) atoms. The number of hydrogen-bond donors (Lipinski definition) is 1. The molecular weight excluding hydrogens is 272 g/mol. The molecule has 0 heterocycles. The van der Waals surface area contributed by atoms with Crippen molar-refractivity contribution >= 4 is 11.6 Å². The van der Waals surface area contributed by atoms with E-state index in [-0.39, 0.29) is 12.0 Å². The van der Waals surface area contributed by atoms with Crippen molar-refractivity contribution in [3.63, 3.8) is 0 Å². The highest BCUT2D eigenvalue weighted by Gasteiger charge is 2.07. The van der Waals surface area contributed by atoms with E-state index in [0.29, 0.717) is 0 Å². The number of halogens is 1. The van der Waals surface area contributed by atoms with Gasteiger partial charge in [0.15, 0.2) is 0 Å². The molecule has 0 amide bonds. The molecule has 106 valence electrons. The topological polar surface area (TPSA) is 29.5 Å². The van der Waals surface area contributed by atoms with E-state index >= 15 is 0 Å². The lowest BCUT2D eigenvalue weighted by Crippen LogP contribution is -1.93. The van der Waals surface area contributed by atoms with E-state index < -0.39 is 0 Å². The summed E-state index contributed by atoms with van der Waals surface area (Å²) in [6.45, 7) is 0.188. The van der Waals surface area contributed by atoms with Crippen LogP contribution in [0.5, 0.6) is 5.75 Å². The summed E-state index contributed by atoms with van der Waals surface area (Å²) >= 11 is 6.30. The first-order valence-corrected chi connectivity index (χ1v) is 7.17. The molecule has 2 rings (SSSR count). The molecular formula is C17H19ClO2. The minimum Gasteiger partial charge on any atom is -0.497 e. The van der Waals surface area contributed by atoms with Gasteiger partial charge in [-0.05, 0) is 41.7 Å². The molecule has 1 unspecified atom stereocenters. The van der Waals surface area contributed by atoms with E-state index in [1.165, 1.54) is 0 Å². The van der Waals surface area contributed by atoms with Crippen molar-refractivity contribution in [2.45, 2.75) is 18.2 Å². The van der Waals surface area contributed by atoms with Gasteiger partial charge in [-0.2, -0.15) is 0 Å². The molecule has 0 aromatic heterocycles. The fourth-order valence-electron chi connectivity index (χ4n) is 2.11. The van der Waals surface area contributed by atoms with Gasteiger partial charge in [0.25, 0.3) is 0 Å². The zero-order valence-electron chi connectivity index (χ0n) is 11.6. The molecule has 0 saturated carbocycles. The van der Waals surface area contributed by atoms with Crippen LogP contribution in [0.1, 0.15) is 23.8 Å². The van der Waals surface area contributed by atoms with Gasteiger partial charge in [0, 0.05) is 6.61 Å². The van der Waals surface area contributed by atoms with Crippen molar-refractivity contribution < 1.29 is 9.84 Å². The maximum Gasteiger partial charge on any atom is 0.118 e. The van der Waals surface area contributed by atoms with E-state index in [4.69, 9.17) is 21.4 Å². The molecule has 0 aliphatic heterocycles. The van der Waals surface area contributed by atoms with Gasteiger partial charge in [-0.15, -0.1) is 11.6 Å². The van der Waals surface area contributed by atoms with E-state index in [1.807, 2.05) is 24.3 Å². The summed E-state index contributed by atoms with van der Waals surface area (Å²) in [5, 5.41) is 8.79. The third-order valence-corrected chi connectivity index (χ3v) is 3.78. The second-order valence-electron chi connectivity index (χ2n) is 4.68. The number of aliphatic hydroxyl groups is 1. The Morgan fingerprint density at radius 2 is 1.55 bits per heavy atom. The fraction of sp³-hybridized carbons (Fsp3) is 0.294. The number of aliphatic hydroxyl groups excluding tert-OH is 1. The highest BCUT2D eigenvalue weighted by molar-refractivity contribution is 6.20. The van der Waals surface area contributed by atoms with Crippen LogP contribution in [-0.4, -0.2) is 18.8 Å². The van der Waals surface area contributed by atoms with Crippen LogP contribution < -0.4 is 4.74 Å². The number of rotatable bonds is 6. The minimum absolute atomic E-state index is 0.0351. The second-order valence-corrected chi connectivity index (χ2v) is 5.21. The average molecular weight is 291 g/mol. The Morgan fingerprint density at radius 1 is 1.00 bits per heavy atom. The van der Waals surface area contributed by atoms with E-state index in [0.717, 1.165) is 35.3 Å². The molecule has 2 aromatic carbocycles. The molecule has 0 fully saturated rings. The van der Waals surface area contributed by atoms with Gasteiger partial charge in [-0.1, -0.05) is 36.4 Å². The van der Waals surface area contributed by atoms with Crippen molar-refractivity contribution in [1.82, 2.24) is 0 Å². The van der Waals surface area contributed by atoms with Crippen LogP contribution in [0.25, 0.3) is 11.1 Å². The molecule has 1 atom stereocenters. The highest BCUT2D eigenvalue weighted by Crippen LogP contribution is 2.28. The molecule has 0 spiro atoms. The van der Waals surface area contributed by atoms with Crippen molar-refractivity contribution in [1.29, 1.82) is 0 Å². The smallest absolute Gasteiger partial charge is 0.118 e. The van der Waals surface area contributed by atoms with Crippen LogP contribution in [0.2, 0.25) is 0 Å². The van der Waals surface area contributed by atoms with Gasteiger partial charge in [-0.25, -0.2) is 0 Å². The number of ether oxygens (including phenoxy) is 1. The monoisotopic (exact) mass is 290 g/mol. The van der Waals surface area contributed by atoms with Gasteiger partial charge in [0.2, 0.25) is 0 Å². The molecule has 3 heteroatoms. The van der Waals surface area contributed by atoms with Crippen molar-refractivity contribution in [2.24, 2.45) is 0 Å². The largest absolute Gasteiger partial charge is 0.497 e. The molecule has 0 aliphatic carbocycles. The average Bonchev–Trinajstić information content (AvgIpc) is 2.53. The first-order chi connectivity index (χ1) is 9.74. The van der Waals surface area contributed by atoms with Crippen LogP contribution in [0.15, 0.2) is 48.5 Å². The Balaban J connectivity index is 2.10. The van der Waals surface area contributed by atoms with Gasteiger partial charge in [-0.3, -0.25) is 0 Å². The lowest BCUT2D eigenvalue weighted by atomic mass is 10.0. The molecule has 0 saturated heterocycles. The Morgan fingerprint density at radius 3 is 2.05 bits per heavy atom. The number of hydrogen-bond acceptors (Lipinski definition) is 2. The fourth-order valence-corrected chi connectivity index (χ4v) is 2.40. The van der Waals surface area contributed by atoms with Gasteiger partial charge >= 0.3 is 0 Å². The molecule has 2 nitrogen and oxygen atoms in total. The third-order valence-electron chi connectivity index (χ3n) is 3.31. The summed E-state index contributed by atoms with van der Waals surface area (Å²) < 4.78 is 5.16. The first-order valence-electron chi connectivity index (χ1n) is 6.74. The van der Waals surface area contributed by atoms with Crippen LogP contribution in [0, 0.1) is 0 Å². The standard InChI is InChI=1S/C17H19ClO2/c1-20-16-10-8-14(9-11-16)13-4-6-15(7-5-13)17(18)3-2-12-19/h4-11,17,19H,2-3,12H2,1H3. The molecule has 1 N–H and O–H groups in total. The summed E-state index contributed by atoms with van der Waals surface area (Å²) in [7, 11) is 1.66. The summed E-state index contributed by atoms with van der Waals surface area (Å²) in [6.07, 6.45) is 1.52. The number of alkyl halides is 1. The Hall–Kier alpha value is -1.51. The number of benzene rings is 2. The quantitative estimate of drug-likeness (QED) is 0.798. The van der Waals surface area contributed by atoms with Crippen LogP contribution in [-0.2, 0) is 0 Å². The Kier molecular flexibility index (Phi) is 5.45. The SMILES string of the molecule is COc1ccc(-c2ccc(C(Cl)CCCO)cc2)cc1. The lowest BCUT2D eigenvalue weighted by Gasteiger charge is -2.10. The molecule has 0 radical (unpaired) electrons.